The molecule has 1 amide bonds. The van der Waals surface area contributed by atoms with Gasteiger partial charge in [-0.25, -0.2) is 0 Å². The van der Waals surface area contributed by atoms with E-state index in [4.69, 9.17) is 0 Å². The maximum absolute atomic E-state index is 12.6. The van der Waals surface area contributed by atoms with Crippen molar-refractivity contribution < 1.29 is 4.79 Å². The molecule has 1 aliphatic carbocycles. The third-order valence-corrected chi connectivity index (χ3v) is 6.37. The minimum Gasteiger partial charge on any atom is -0.355 e. The second kappa shape index (κ2) is 11.4. The highest BCUT2D eigenvalue weighted by molar-refractivity contribution is 14.0. The Balaban J connectivity index is 0.00000261. The molecule has 0 radical (unpaired) electrons. The van der Waals surface area contributed by atoms with Gasteiger partial charge in [0.1, 0.15) is 0 Å². The predicted molar refractivity (Wildman–Crippen MR) is 122 cm³/mol. The number of likely N-dealkylation sites (tertiary alicyclic amines) is 2. The number of hydrogen-bond donors (Lipinski definition) is 2. The Morgan fingerprint density at radius 1 is 1.07 bits per heavy atom. The van der Waals surface area contributed by atoms with Gasteiger partial charge in [0.05, 0.1) is 0 Å². The van der Waals surface area contributed by atoms with Crippen LogP contribution >= 0.6 is 24.0 Å². The van der Waals surface area contributed by atoms with Crippen molar-refractivity contribution in [3.8, 4) is 0 Å². The number of rotatable bonds is 5. The zero-order chi connectivity index (χ0) is 18.4. The third kappa shape index (κ3) is 6.76. The van der Waals surface area contributed by atoms with E-state index in [2.05, 4.69) is 32.3 Å². The molecule has 3 rings (SSSR count). The van der Waals surface area contributed by atoms with E-state index in [9.17, 15) is 4.79 Å². The average Bonchev–Trinajstić information content (AvgIpc) is 3.34. The Morgan fingerprint density at radius 2 is 1.78 bits per heavy atom. The second-order valence-electron chi connectivity index (χ2n) is 8.42. The highest BCUT2D eigenvalue weighted by atomic mass is 127. The molecular weight excluding hydrogens is 453 g/mol. The molecule has 0 bridgehead atoms. The highest BCUT2D eigenvalue weighted by Crippen LogP contribution is 2.27. The molecule has 156 valence electrons. The van der Waals surface area contributed by atoms with Crippen molar-refractivity contribution in [2.75, 3.05) is 46.3 Å². The summed E-state index contributed by atoms with van der Waals surface area (Å²) in [6.45, 7) is 8.49. The van der Waals surface area contributed by atoms with Crippen LogP contribution in [0, 0.1) is 11.8 Å². The van der Waals surface area contributed by atoms with Crippen molar-refractivity contribution in [1.29, 1.82) is 0 Å². The van der Waals surface area contributed by atoms with Crippen molar-refractivity contribution >= 4 is 35.8 Å². The topological polar surface area (TPSA) is 60.0 Å². The van der Waals surface area contributed by atoms with Crippen molar-refractivity contribution in [3.63, 3.8) is 0 Å². The van der Waals surface area contributed by atoms with Crippen molar-refractivity contribution in [1.82, 2.24) is 20.4 Å². The number of nitrogens with one attached hydrogen (secondary N) is 2. The van der Waals surface area contributed by atoms with E-state index in [-0.39, 0.29) is 24.0 Å². The summed E-state index contributed by atoms with van der Waals surface area (Å²) in [6, 6.07) is 0.322. The molecule has 27 heavy (non-hydrogen) atoms. The first-order valence-electron chi connectivity index (χ1n) is 10.6. The van der Waals surface area contributed by atoms with Crippen LogP contribution in [-0.2, 0) is 4.79 Å². The Labute approximate surface area is 181 Å². The van der Waals surface area contributed by atoms with Gasteiger partial charge < -0.3 is 20.4 Å². The Kier molecular flexibility index (Phi) is 9.62. The number of amides is 1. The van der Waals surface area contributed by atoms with Crippen LogP contribution in [0.3, 0.4) is 0 Å². The lowest BCUT2D eigenvalue weighted by Gasteiger charge is -2.30. The number of piperidine rings is 1. The number of hydrogen-bond acceptors (Lipinski definition) is 3. The summed E-state index contributed by atoms with van der Waals surface area (Å²) in [6.07, 6.45) is 8.28. The fourth-order valence-corrected chi connectivity index (χ4v) is 4.52. The predicted octanol–water partition coefficient (Wildman–Crippen LogP) is 2.29. The molecule has 3 aliphatic rings. The average molecular weight is 491 g/mol. The first-order valence-corrected chi connectivity index (χ1v) is 10.6. The normalized spacial score (nSPS) is 25.5. The van der Waals surface area contributed by atoms with E-state index in [0.717, 1.165) is 57.3 Å². The van der Waals surface area contributed by atoms with Gasteiger partial charge in [0.25, 0.3) is 0 Å². The lowest BCUT2D eigenvalue weighted by molar-refractivity contribution is -0.134. The first kappa shape index (κ1) is 22.7. The second-order valence-corrected chi connectivity index (χ2v) is 8.42. The maximum Gasteiger partial charge on any atom is 0.225 e. The Bertz CT molecular complexity index is 487. The standard InChI is InChI=1S/C20H37N5O.HI/c1-16-7-11-24(12-8-16)14-10-22-20(21-2)23-18-9-13-25(15-18)19(26)17-5-3-4-6-17;/h16-18H,3-15H2,1-2H3,(H2,21,22,23);1H. The van der Waals surface area contributed by atoms with Gasteiger partial charge in [0.2, 0.25) is 5.91 Å². The minimum absolute atomic E-state index is 0. The van der Waals surface area contributed by atoms with Gasteiger partial charge in [0.15, 0.2) is 5.96 Å². The SMILES string of the molecule is CN=C(NCCN1CCC(C)CC1)NC1CCN(C(=O)C2CCCC2)C1.I. The number of nitrogens with zero attached hydrogens (tertiary/aromatic N) is 3. The van der Waals surface area contributed by atoms with Gasteiger partial charge in [-0.05, 0) is 51.1 Å². The number of carbonyl (C=O) groups excluding carboxylic acids is 1. The van der Waals surface area contributed by atoms with Gasteiger partial charge >= 0.3 is 0 Å². The van der Waals surface area contributed by atoms with Gasteiger partial charge in [-0.2, -0.15) is 0 Å². The molecule has 0 aromatic heterocycles. The van der Waals surface area contributed by atoms with E-state index < -0.39 is 0 Å². The molecular formula is C20H38IN5O. The summed E-state index contributed by atoms with van der Waals surface area (Å²) in [5.41, 5.74) is 0. The maximum atomic E-state index is 12.6. The Hall–Kier alpha value is -0.570. The smallest absolute Gasteiger partial charge is 0.225 e. The summed E-state index contributed by atoms with van der Waals surface area (Å²) in [7, 11) is 1.83. The van der Waals surface area contributed by atoms with Crippen LogP contribution in [0.4, 0.5) is 0 Å². The summed E-state index contributed by atoms with van der Waals surface area (Å²) in [5, 5.41) is 6.96. The lowest BCUT2D eigenvalue weighted by atomic mass is 9.99. The minimum atomic E-state index is 0. The molecule has 0 aromatic rings. The number of guanidine groups is 1. The van der Waals surface area contributed by atoms with Crippen LogP contribution in [0.2, 0.25) is 0 Å². The quantitative estimate of drug-likeness (QED) is 0.352. The third-order valence-electron chi connectivity index (χ3n) is 6.37. The van der Waals surface area contributed by atoms with E-state index >= 15 is 0 Å². The summed E-state index contributed by atoms with van der Waals surface area (Å²) < 4.78 is 0. The van der Waals surface area contributed by atoms with Gasteiger partial charge in [-0.1, -0.05) is 19.8 Å². The molecule has 2 heterocycles. The molecule has 0 aromatic carbocycles. The highest BCUT2D eigenvalue weighted by Gasteiger charge is 2.32. The van der Waals surface area contributed by atoms with E-state index in [0.29, 0.717) is 17.9 Å². The van der Waals surface area contributed by atoms with Gasteiger partial charge in [0, 0.05) is 45.2 Å². The summed E-state index contributed by atoms with van der Waals surface area (Å²) in [4.78, 5) is 21.5. The molecule has 6 nitrogen and oxygen atoms in total. The summed E-state index contributed by atoms with van der Waals surface area (Å²) in [5.74, 6) is 2.42. The van der Waals surface area contributed by atoms with Gasteiger partial charge in [-0.3, -0.25) is 9.79 Å². The Morgan fingerprint density at radius 3 is 2.44 bits per heavy atom. The first-order chi connectivity index (χ1) is 12.7. The molecule has 3 fully saturated rings. The van der Waals surface area contributed by atoms with Gasteiger partial charge in [-0.15, -0.1) is 24.0 Å². The number of aliphatic imine (C=N–C) groups is 1. The van der Waals surface area contributed by atoms with Crippen LogP contribution in [0.1, 0.15) is 51.9 Å². The molecule has 0 spiro atoms. The van der Waals surface area contributed by atoms with E-state index in [1.165, 1.54) is 38.8 Å². The monoisotopic (exact) mass is 491 g/mol. The van der Waals surface area contributed by atoms with E-state index in [1.54, 1.807) is 0 Å². The number of halogens is 1. The molecule has 2 aliphatic heterocycles. The van der Waals surface area contributed by atoms with Crippen LogP contribution in [-0.4, -0.2) is 74.0 Å². The van der Waals surface area contributed by atoms with Crippen LogP contribution in [0.15, 0.2) is 4.99 Å². The zero-order valence-electron chi connectivity index (χ0n) is 17.1. The molecule has 1 saturated carbocycles. The lowest BCUT2D eigenvalue weighted by Crippen LogP contribution is -2.47. The van der Waals surface area contributed by atoms with Crippen molar-refractivity contribution in [2.45, 2.75) is 57.9 Å². The number of carbonyl (C=O) groups is 1. The molecule has 2 N–H and O–H groups in total. The zero-order valence-corrected chi connectivity index (χ0v) is 19.4. The summed E-state index contributed by atoms with van der Waals surface area (Å²) >= 11 is 0. The largest absolute Gasteiger partial charge is 0.355 e. The van der Waals surface area contributed by atoms with Crippen LogP contribution in [0.25, 0.3) is 0 Å². The van der Waals surface area contributed by atoms with E-state index in [1.807, 2.05) is 7.05 Å². The fraction of sp³-hybridized carbons (Fsp3) is 0.900. The molecule has 1 atom stereocenters. The van der Waals surface area contributed by atoms with Crippen molar-refractivity contribution in [3.05, 3.63) is 0 Å². The molecule has 7 heteroatoms. The molecule has 2 saturated heterocycles. The van der Waals surface area contributed by atoms with Crippen LogP contribution < -0.4 is 10.6 Å². The van der Waals surface area contributed by atoms with Crippen molar-refractivity contribution in [2.24, 2.45) is 16.8 Å². The fourth-order valence-electron chi connectivity index (χ4n) is 4.52. The molecule has 1 unspecified atom stereocenters. The van der Waals surface area contributed by atoms with Crippen LogP contribution in [0.5, 0.6) is 0 Å².